The van der Waals surface area contributed by atoms with Gasteiger partial charge in [-0.25, -0.2) is 0 Å². The van der Waals surface area contributed by atoms with E-state index >= 15 is 0 Å². The van der Waals surface area contributed by atoms with Crippen molar-refractivity contribution >= 4 is 22.8 Å². The van der Waals surface area contributed by atoms with Gasteiger partial charge in [-0.05, 0) is 31.9 Å². The Bertz CT molecular complexity index is 807. The third-order valence-corrected chi connectivity index (χ3v) is 4.58. The molecule has 6 heteroatoms. The molecule has 6 nitrogen and oxygen atoms in total. The van der Waals surface area contributed by atoms with Crippen LogP contribution in [0.2, 0.25) is 0 Å². The van der Waals surface area contributed by atoms with E-state index in [1.807, 2.05) is 32.9 Å². The molecule has 1 amide bonds. The second-order valence-corrected chi connectivity index (χ2v) is 6.28. The van der Waals surface area contributed by atoms with Gasteiger partial charge in [0.2, 0.25) is 0 Å². The highest BCUT2D eigenvalue weighted by molar-refractivity contribution is 6.00. The average molecular weight is 331 g/mol. The van der Waals surface area contributed by atoms with E-state index in [0.717, 1.165) is 27.7 Å². The number of ether oxygens (including phenoxy) is 1. The molecule has 3 rings (SSSR count). The molecular formula is C18H21NO5. The van der Waals surface area contributed by atoms with Gasteiger partial charge >= 0.3 is 5.97 Å². The number of carboxylic acid groups (broad SMARTS) is 1. The lowest BCUT2D eigenvalue weighted by atomic mass is 10.0. The van der Waals surface area contributed by atoms with Gasteiger partial charge < -0.3 is 19.2 Å². The van der Waals surface area contributed by atoms with Crippen molar-refractivity contribution in [2.45, 2.75) is 33.2 Å². The van der Waals surface area contributed by atoms with Gasteiger partial charge in [-0.2, -0.15) is 0 Å². The number of fused-ring (bicyclic) bond motifs is 1. The number of hydrogen-bond acceptors (Lipinski definition) is 4. The van der Waals surface area contributed by atoms with E-state index in [2.05, 4.69) is 0 Å². The fraction of sp³-hybridized carbons (Fsp3) is 0.444. The standard InChI is InChI=1S/C18H21NO5/c1-10-4-5-11(2)16-15(10)12(3)17(24-16)18(22)19-6-7-23-9-13(19)8-14(20)21/h4-5,13H,6-9H2,1-3H3,(H,20,21). The maximum absolute atomic E-state index is 13.0. The van der Waals surface area contributed by atoms with Crippen LogP contribution in [0.5, 0.6) is 0 Å². The molecule has 1 atom stereocenters. The summed E-state index contributed by atoms with van der Waals surface area (Å²) in [5.41, 5.74) is 3.55. The lowest BCUT2D eigenvalue weighted by molar-refractivity contribution is -0.139. The minimum atomic E-state index is -0.948. The summed E-state index contributed by atoms with van der Waals surface area (Å²) in [5.74, 6) is -0.923. The predicted molar refractivity (Wildman–Crippen MR) is 88.3 cm³/mol. The predicted octanol–water partition coefficient (Wildman–Crippen LogP) is 2.67. The summed E-state index contributed by atoms with van der Waals surface area (Å²) in [4.78, 5) is 25.6. The summed E-state index contributed by atoms with van der Waals surface area (Å²) in [6, 6.07) is 3.51. The van der Waals surface area contributed by atoms with Gasteiger partial charge in [-0.3, -0.25) is 9.59 Å². The van der Waals surface area contributed by atoms with Crippen LogP contribution in [0.4, 0.5) is 0 Å². The molecule has 1 aromatic heterocycles. The van der Waals surface area contributed by atoms with Crippen LogP contribution in [-0.2, 0) is 9.53 Å². The van der Waals surface area contributed by atoms with Crippen molar-refractivity contribution in [1.29, 1.82) is 0 Å². The van der Waals surface area contributed by atoms with Crippen molar-refractivity contribution in [3.63, 3.8) is 0 Å². The van der Waals surface area contributed by atoms with Gasteiger partial charge in [0, 0.05) is 17.5 Å². The van der Waals surface area contributed by atoms with E-state index in [0.29, 0.717) is 18.9 Å². The van der Waals surface area contributed by atoms with Crippen molar-refractivity contribution in [2.75, 3.05) is 19.8 Å². The number of amides is 1. The second-order valence-electron chi connectivity index (χ2n) is 6.28. The van der Waals surface area contributed by atoms with Crippen molar-refractivity contribution in [3.8, 4) is 0 Å². The lowest BCUT2D eigenvalue weighted by Crippen LogP contribution is -2.49. The van der Waals surface area contributed by atoms with E-state index in [9.17, 15) is 9.59 Å². The van der Waals surface area contributed by atoms with Crippen LogP contribution in [-0.4, -0.2) is 47.7 Å². The summed E-state index contributed by atoms with van der Waals surface area (Å²) >= 11 is 0. The number of rotatable bonds is 3. The third kappa shape index (κ3) is 2.78. The zero-order valence-electron chi connectivity index (χ0n) is 14.1. The lowest BCUT2D eigenvalue weighted by Gasteiger charge is -2.34. The fourth-order valence-electron chi connectivity index (χ4n) is 3.30. The van der Waals surface area contributed by atoms with E-state index in [1.165, 1.54) is 0 Å². The number of carbonyl (C=O) groups excluding carboxylic acids is 1. The minimum Gasteiger partial charge on any atom is -0.481 e. The van der Waals surface area contributed by atoms with Gasteiger partial charge in [0.25, 0.3) is 5.91 Å². The summed E-state index contributed by atoms with van der Waals surface area (Å²) in [6.45, 7) is 6.80. The minimum absolute atomic E-state index is 0.136. The summed E-state index contributed by atoms with van der Waals surface area (Å²) < 4.78 is 11.2. The smallest absolute Gasteiger partial charge is 0.305 e. The molecule has 1 fully saturated rings. The monoisotopic (exact) mass is 331 g/mol. The number of morpholine rings is 1. The van der Waals surface area contributed by atoms with Gasteiger partial charge in [-0.15, -0.1) is 0 Å². The molecule has 1 saturated heterocycles. The van der Waals surface area contributed by atoms with Crippen LogP contribution in [0.1, 0.15) is 33.7 Å². The third-order valence-electron chi connectivity index (χ3n) is 4.58. The Morgan fingerprint density at radius 3 is 2.62 bits per heavy atom. The van der Waals surface area contributed by atoms with E-state index < -0.39 is 12.0 Å². The fourth-order valence-corrected chi connectivity index (χ4v) is 3.30. The zero-order chi connectivity index (χ0) is 17.4. The maximum Gasteiger partial charge on any atom is 0.305 e. The Kier molecular flexibility index (Phi) is 4.32. The second kappa shape index (κ2) is 6.28. The summed E-state index contributed by atoms with van der Waals surface area (Å²) in [7, 11) is 0. The Balaban J connectivity index is 2.01. The topological polar surface area (TPSA) is 80.0 Å². The van der Waals surface area contributed by atoms with Crippen LogP contribution in [0.3, 0.4) is 0 Å². The molecule has 0 saturated carbocycles. The van der Waals surface area contributed by atoms with E-state index in [1.54, 1.807) is 4.90 Å². The molecule has 0 aliphatic carbocycles. The van der Waals surface area contributed by atoms with Crippen molar-refractivity contribution < 1.29 is 23.8 Å². The van der Waals surface area contributed by atoms with Crippen LogP contribution >= 0.6 is 0 Å². The zero-order valence-corrected chi connectivity index (χ0v) is 14.1. The Morgan fingerprint density at radius 2 is 1.96 bits per heavy atom. The molecule has 0 radical (unpaired) electrons. The van der Waals surface area contributed by atoms with Gasteiger partial charge in [0.1, 0.15) is 5.58 Å². The van der Waals surface area contributed by atoms with Crippen molar-refractivity contribution in [1.82, 2.24) is 4.90 Å². The first-order valence-electron chi connectivity index (χ1n) is 8.00. The number of hydrogen-bond donors (Lipinski definition) is 1. The molecule has 24 heavy (non-hydrogen) atoms. The van der Waals surface area contributed by atoms with Crippen LogP contribution in [0.15, 0.2) is 16.5 Å². The largest absolute Gasteiger partial charge is 0.481 e. The van der Waals surface area contributed by atoms with Crippen molar-refractivity contribution in [2.24, 2.45) is 0 Å². The Labute approximate surface area is 140 Å². The molecule has 1 aromatic carbocycles. The van der Waals surface area contributed by atoms with Gasteiger partial charge in [0.05, 0.1) is 25.7 Å². The molecule has 1 unspecified atom stereocenters. The van der Waals surface area contributed by atoms with Gasteiger partial charge in [-0.1, -0.05) is 12.1 Å². The SMILES string of the molecule is Cc1ccc(C)c2c(C)c(C(=O)N3CCOCC3CC(=O)O)oc12. The van der Waals surface area contributed by atoms with E-state index in [-0.39, 0.29) is 18.9 Å². The first-order chi connectivity index (χ1) is 11.4. The summed E-state index contributed by atoms with van der Waals surface area (Å²) in [6.07, 6.45) is -0.136. The summed E-state index contributed by atoms with van der Waals surface area (Å²) in [5, 5.41) is 10.0. The molecule has 2 heterocycles. The van der Waals surface area contributed by atoms with E-state index in [4.69, 9.17) is 14.3 Å². The highest BCUT2D eigenvalue weighted by Crippen LogP contribution is 2.32. The molecule has 0 spiro atoms. The Hall–Kier alpha value is -2.34. The number of carbonyl (C=O) groups is 2. The molecule has 1 N–H and O–H groups in total. The number of carboxylic acids is 1. The number of aryl methyl sites for hydroxylation is 3. The van der Waals surface area contributed by atoms with Crippen LogP contribution in [0, 0.1) is 20.8 Å². The first-order valence-corrected chi connectivity index (χ1v) is 8.00. The molecular weight excluding hydrogens is 310 g/mol. The number of benzene rings is 1. The normalized spacial score (nSPS) is 18.1. The highest BCUT2D eigenvalue weighted by Gasteiger charge is 2.33. The maximum atomic E-state index is 13.0. The number of furan rings is 1. The molecule has 1 aliphatic rings. The molecule has 128 valence electrons. The number of nitrogens with zero attached hydrogens (tertiary/aromatic N) is 1. The first kappa shape index (κ1) is 16.5. The van der Waals surface area contributed by atoms with Gasteiger partial charge in [0.15, 0.2) is 5.76 Å². The molecule has 2 aromatic rings. The number of aliphatic carboxylic acids is 1. The highest BCUT2D eigenvalue weighted by atomic mass is 16.5. The molecule has 1 aliphatic heterocycles. The quantitative estimate of drug-likeness (QED) is 0.935. The average Bonchev–Trinajstić information content (AvgIpc) is 2.89. The van der Waals surface area contributed by atoms with Crippen LogP contribution in [0.25, 0.3) is 11.0 Å². The van der Waals surface area contributed by atoms with Crippen LogP contribution < -0.4 is 0 Å². The Morgan fingerprint density at radius 1 is 1.25 bits per heavy atom. The molecule has 0 bridgehead atoms. The van der Waals surface area contributed by atoms with Crippen molar-refractivity contribution in [3.05, 3.63) is 34.6 Å².